The molecule has 0 spiro atoms. The van der Waals surface area contributed by atoms with Crippen LogP contribution in [-0.4, -0.2) is 61.1 Å². The molecule has 3 fully saturated rings. The summed E-state index contributed by atoms with van der Waals surface area (Å²) in [6, 6.07) is 17.1. The van der Waals surface area contributed by atoms with E-state index < -0.39 is 0 Å². The molecule has 5 rings (SSSR count). The predicted octanol–water partition coefficient (Wildman–Crippen LogP) is 3.19. The fourth-order valence-corrected chi connectivity index (χ4v) is 3.70. The van der Waals surface area contributed by atoms with Gasteiger partial charge >= 0.3 is 0 Å². The first-order chi connectivity index (χ1) is 12.7. The van der Waals surface area contributed by atoms with Gasteiger partial charge in [-0.05, 0) is 36.4 Å². The summed E-state index contributed by atoms with van der Waals surface area (Å²) in [4.78, 5) is 15.0. The summed E-state index contributed by atoms with van der Waals surface area (Å²) in [5.41, 5.74) is 2.39. The lowest BCUT2D eigenvalue weighted by Crippen LogP contribution is -2.68. The lowest BCUT2D eigenvalue weighted by Gasteiger charge is -2.50. The number of carbonyl (C=O) groups is 1. The zero-order valence-electron chi connectivity index (χ0n) is 14.8. The van der Waals surface area contributed by atoms with Gasteiger partial charge in [0.15, 0.2) is 6.54 Å². The van der Waals surface area contributed by atoms with E-state index in [1.165, 1.54) is 0 Å². The van der Waals surface area contributed by atoms with E-state index in [-0.39, 0.29) is 5.91 Å². The predicted molar refractivity (Wildman–Crippen MR) is 102 cm³/mol. The molecule has 1 amide bonds. The minimum absolute atomic E-state index is 0.0963. The molecule has 0 atom stereocenters. The third-order valence-corrected chi connectivity index (χ3v) is 5.34. The Morgan fingerprint density at radius 1 is 0.885 bits per heavy atom. The van der Waals surface area contributed by atoms with Gasteiger partial charge in [-0.25, -0.2) is 0 Å². The molecule has 2 aromatic carbocycles. The Labute approximate surface area is 153 Å². The van der Waals surface area contributed by atoms with Crippen LogP contribution in [0.15, 0.2) is 64.8 Å². The van der Waals surface area contributed by atoms with Crippen LogP contribution in [0.2, 0.25) is 0 Å². The highest BCUT2D eigenvalue weighted by molar-refractivity contribution is 5.91. The van der Waals surface area contributed by atoms with Crippen molar-refractivity contribution in [2.24, 2.45) is 10.2 Å². The Morgan fingerprint density at radius 3 is 2.08 bits per heavy atom. The average Bonchev–Trinajstić information content (AvgIpc) is 2.69. The highest BCUT2D eigenvalue weighted by Gasteiger charge is 2.39. The summed E-state index contributed by atoms with van der Waals surface area (Å²) in [7, 11) is 0. The molecule has 0 saturated carbocycles. The monoisotopic (exact) mass is 350 g/mol. The average molecular weight is 350 g/mol. The molecule has 3 heterocycles. The van der Waals surface area contributed by atoms with E-state index in [1.807, 2.05) is 54.6 Å². The van der Waals surface area contributed by atoms with Crippen LogP contribution in [0.1, 0.15) is 0 Å². The largest absolute Gasteiger partial charge is 0.321 e. The van der Waals surface area contributed by atoms with Gasteiger partial charge in [-0.1, -0.05) is 18.2 Å². The maximum Gasteiger partial charge on any atom is 0.279 e. The molecule has 2 aromatic rings. The number of hydrogen-bond acceptors (Lipinski definition) is 4. The van der Waals surface area contributed by atoms with Crippen molar-refractivity contribution in [2.45, 2.75) is 0 Å². The Bertz CT molecular complexity index is 766. The van der Waals surface area contributed by atoms with Crippen molar-refractivity contribution in [1.29, 1.82) is 0 Å². The second-order valence-electron chi connectivity index (χ2n) is 7.14. The first kappa shape index (κ1) is 16.9. The van der Waals surface area contributed by atoms with E-state index in [0.717, 1.165) is 60.8 Å². The highest BCUT2D eigenvalue weighted by atomic mass is 16.2. The summed E-state index contributed by atoms with van der Waals surface area (Å²) < 4.78 is 0.936. The van der Waals surface area contributed by atoms with Gasteiger partial charge in [0.25, 0.3) is 5.91 Å². The third kappa shape index (κ3) is 3.98. The molecule has 26 heavy (non-hydrogen) atoms. The molecular weight excluding hydrogens is 326 g/mol. The zero-order valence-corrected chi connectivity index (χ0v) is 14.8. The Balaban J connectivity index is 1.33. The smallest absolute Gasteiger partial charge is 0.279 e. The van der Waals surface area contributed by atoms with Crippen LogP contribution in [0, 0.1) is 0 Å². The number of hydrogen-bond donors (Lipinski definition) is 1. The summed E-state index contributed by atoms with van der Waals surface area (Å²) in [5, 5.41) is 11.5. The molecule has 3 aliphatic rings. The zero-order chi connectivity index (χ0) is 17.8. The number of quaternary nitrogens is 1. The van der Waals surface area contributed by atoms with E-state index in [2.05, 4.69) is 20.4 Å². The van der Waals surface area contributed by atoms with Gasteiger partial charge in [0, 0.05) is 25.3 Å². The van der Waals surface area contributed by atoms with Gasteiger partial charge in [-0.3, -0.25) is 9.69 Å². The normalized spacial score (nSPS) is 24.7. The Kier molecular flexibility index (Phi) is 4.77. The number of azo groups is 1. The van der Waals surface area contributed by atoms with E-state index in [1.54, 1.807) is 0 Å². The first-order valence-corrected chi connectivity index (χ1v) is 9.15. The molecular formula is C20H24N5O+. The number of carbonyl (C=O) groups excluding carboxylic acids is 1. The van der Waals surface area contributed by atoms with E-state index in [9.17, 15) is 4.79 Å². The van der Waals surface area contributed by atoms with E-state index in [0.29, 0.717) is 6.54 Å². The maximum atomic E-state index is 12.5. The van der Waals surface area contributed by atoms with E-state index >= 15 is 0 Å². The molecule has 3 saturated heterocycles. The molecule has 0 radical (unpaired) electrons. The molecule has 0 aromatic heterocycles. The van der Waals surface area contributed by atoms with Gasteiger partial charge in [0.1, 0.15) is 0 Å². The van der Waals surface area contributed by atoms with Crippen LogP contribution in [-0.2, 0) is 4.79 Å². The molecule has 0 unspecified atom stereocenters. The van der Waals surface area contributed by atoms with Crippen LogP contribution in [0.4, 0.5) is 17.1 Å². The van der Waals surface area contributed by atoms with Crippen molar-refractivity contribution < 1.29 is 9.28 Å². The molecule has 6 nitrogen and oxygen atoms in total. The third-order valence-electron chi connectivity index (χ3n) is 5.34. The Morgan fingerprint density at radius 2 is 1.46 bits per heavy atom. The summed E-state index contributed by atoms with van der Waals surface area (Å²) in [5.74, 6) is 0.0963. The topological polar surface area (TPSA) is 57.1 Å². The van der Waals surface area contributed by atoms with Gasteiger partial charge in [0.2, 0.25) is 0 Å². The number of nitrogens with one attached hydrogen (secondary N) is 1. The van der Waals surface area contributed by atoms with Gasteiger partial charge in [-0.15, -0.1) is 0 Å². The number of anilines is 1. The molecule has 3 aliphatic heterocycles. The van der Waals surface area contributed by atoms with Crippen molar-refractivity contribution in [2.75, 3.05) is 51.1 Å². The van der Waals surface area contributed by atoms with Crippen LogP contribution in [0.5, 0.6) is 0 Å². The second-order valence-corrected chi connectivity index (χ2v) is 7.14. The number of benzene rings is 2. The minimum atomic E-state index is 0.0963. The SMILES string of the molecule is O=C(C[N+]12CCN(CC1)CC2)Nc1ccc(N=Nc2ccccc2)cc1. The number of fused-ring (bicyclic) bond motifs is 3. The summed E-state index contributed by atoms with van der Waals surface area (Å²) in [6.07, 6.45) is 0. The molecule has 1 N–H and O–H groups in total. The number of nitrogens with zero attached hydrogens (tertiary/aromatic N) is 4. The molecule has 6 heteroatoms. The van der Waals surface area contributed by atoms with E-state index in [4.69, 9.17) is 0 Å². The number of amides is 1. The fraction of sp³-hybridized carbons (Fsp3) is 0.350. The quantitative estimate of drug-likeness (QED) is 0.665. The summed E-state index contributed by atoms with van der Waals surface area (Å²) >= 11 is 0. The molecule has 2 bridgehead atoms. The molecule has 0 aliphatic carbocycles. The van der Waals surface area contributed by atoms with Crippen LogP contribution in [0.3, 0.4) is 0 Å². The van der Waals surface area contributed by atoms with Crippen molar-refractivity contribution in [1.82, 2.24) is 4.90 Å². The first-order valence-electron chi connectivity index (χ1n) is 9.15. The maximum absolute atomic E-state index is 12.5. The Hall–Kier alpha value is -2.57. The lowest BCUT2D eigenvalue weighted by molar-refractivity contribution is -0.933. The van der Waals surface area contributed by atoms with Crippen LogP contribution < -0.4 is 5.32 Å². The van der Waals surface area contributed by atoms with Crippen LogP contribution >= 0.6 is 0 Å². The van der Waals surface area contributed by atoms with Crippen molar-refractivity contribution >= 4 is 23.0 Å². The lowest BCUT2D eigenvalue weighted by atomic mass is 10.1. The van der Waals surface area contributed by atoms with Gasteiger partial charge < -0.3 is 9.80 Å². The number of rotatable bonds is 5. The van der Waals surface area contributed by atoms with Gasteiger partial charge in [-0.2, -0.15) is 10.2 Å². The highest BCUT2D eigenvalue weighted by Crippen LogP contribution is 2.22. The fourth-order valence-electron chi connectivity index (χ4n) is 3.70. The second kappa shape index (κ2) is 7.35. The standard InChI is InChI=1S/C20H23N5O/c26-20(16-25-13-10-24(11-14-25)12-15-25)21-17-6-8-19(9-7-17)23-22-18-4-2-1-3-5-18/h1-9H,10-16H2/p+1. The number of piperazine rings is 3. The van der Waals surface area contributed by atoms with Gasteiger partial charge in [0.05, 0.1) is 31.0 Å². The van der Waals surface area contributed by atoms with Crippen molar-refractivity contribution in [3.8, 4) is 0 Å². The van der Waals surface area contributed by atoms with Crippen molar-refractivity contribution in [3.63, 3.8) is 0 Å². The minimum Gasteiger partial charge on any atom is -0.321 e. The van der Waals surface area contributed by atoms with Crippen molar-refractivity contribution in [3.05, 3.63) is 54.6 Å². The van der Waals surface area contributed by atoms with Crippen LogP contribution in [0.25, 0.3) is 0 Å². The summed E-state index contributed by atoms with van der Waals surface area (Å²) in [6.45, 7) is 7.20. The molecule has 134 valence electrons.